The summed E-state index contributed by atoms with van der Waals surface area (Å²) in [5, 5.41) is 17.6. The third kappa shape index (κ3) is 1.95. The minimum Gasteiger partial charge on any atom is -0.506 e. The second-order valence-corrected chi connectivity index (χ2v) is 2.55. The van der Waals surface area contributed by atoms with Gasteiger partial charge in [-0.3, -0.25) is 9.78 Å². The number of carboxylic acids is 1. The third-order valence-electron chi connectivity index (χ3n) is 1.40. The molecule has 12 heavy (non-hydrogen) atoms. The molecule has 0 saturated carbocycles. The van der Waals surface area contributed by atoms with Gasteiger partial charge in [-0.1, -0.05) is 0 Å². The highest BCUT2D eigenvalue weighted by Gasteiger charge is 2.06. The lowest BCUT2D eigenvalue weighted by Crippen LogP contribution is -2.02. The Kier molecular flexibility index (Phi) is 2.28. The Bertz CT molecular complexity index is 309. The molecule has 64 valence electrons. The zero-order chi connectivity index (χ0) is 9.14. The van der Waals surface area contributed by atoms with Gasteiger partial charge in [0, 0.05) is 6.20 Å². The Balaban J connectivity index is 2.93. The number of aromatic hydroxyl groups is 1. The third-order valence-corrected chi connectivity index (χ3v) is 1.40. The lowest BCUT2D eigenvalue weighted by Gasteiger charge is -2.00. The summed E-state index contributed by atoms with van der Waals surface area (Å²) < 4.78 is 0. The van der Waals surface area contributed by atoms with E-state index < -0.39 is 5.97 Å². The minimum absolute atomic E-state index is 0.0580. The zero-order valence-corrected chi connectivity index (χ0v) is 6.61. The van der Waals surface area contributed by atoms with Crippen molar-refractivity contribution in [1.29, 1.82) is 0 Å². The molecular weight excluding hydrogens is 158 g/mol. The van der Waals surface area contributed by atoms with Gasteiger partial charge in [-0.25, -0.2) is 0 Å². The monoisotopic (exact) mass is 167 g/mol. The van der Waals surface area contributed by atoms with Crippen molar-refractivity contribution in [1.82, 2.24) is 4.98 Å². The molecule has 0 aliphatic heterocycles. The van der Waals surface area contributed by atoms with Gasteiger partial charge in [0.05, 0.1) is 12.1 Å². The van der Waals surface area contributed by atoms with Crippen molar-refractivity contribution >= 4 is 5.97 Å². The van der Waals surface area contributed by atoms with Crippen molar-refractivity contribution in [3.8, 4) is 5.75 Å². The van der Waals surface area contributed by atoms with E-state index in [2.05, 4.69) is 4.98 Å². The van der Waals surface area contributed by atoms with Crippen LogP contribution in [-0.2, 0) is 11.2 Å². The van der Waals surface area contributed by atoms with Gasteiger partial charge in [0.1, 0.15) is 5.75 Å². The maximum Gasteiger partial charge on any atom is 0.309 e. The van der Waals surface area contributed by atoms with Gasteiger partial charge < -0.3 is 10.2 Å². The first-order valence-electron chi connectivity index (χ1n) is 3.46. The number of aliphatic carboxylic acids is 1. The fraction of sp³-hybridized carbons (Fsp3) is 0.250. The van der Waals surface area contributed by atoms with Crippen LogP contribution in [0.25, 0.3) is 0 Å². The van der Waals surface area contributed by atoms with Crippen molar-refractivity contribution < 1.29 is 15.0 Å². The van der Waals surface area contributed by atoms with E-state index in [4.69, 9.17) is 5.11 Å². The van der Waals surface area contributed by atoms with Crippen LogP contribution in [-0.4, -0.2) is 21.2 Å². The summed E-state index contributed by atoms with van der Waals surface area (Å²) >= 11 is 0. The van der Waals surface area contributed by atoms with Gasteiger partial charge in [-0.2, -0.15) is 0 Å². The maximum absolute atomic E-state index is 10.3. The Morgan fingerprint density at radius 2 is 2.33 bits per heavy atom. The Labute approximate surface area is 69.5 Å². The van der Waals surface area contributed by atoms with Gasteiger partial charge >= 0.3 is 5.97 Å². The first kappa shape index (κ1) is 8.52. The SMILES string of the molecule is Cc1cnc(CC(=O)O)c(O)c1. The lowest BCUT2D eigenvalue weighted by atomic mass is 10.2. The van der Waals surface area contributed by atoms with Crippen molar-refractivity contribution in [2.24, 2.45) is 0 Å². The van der Waals surface area contributed by atoms with E-state index in [1.54, 1.807) is 6.92 Å². The van der Waals surface area contributed by atoms with E-state index in [9.17, 15) is 9.90 Å². The predicted molar refractivity (Wildman–Crippen MR) is 42.0 cm³/mol. The van der Waals surface area contributed by atoms with E-state index in [1.807, 2.05) is 0 Å². The van der Waals surface area contributed by atoms with Crippen LogP contribution in [0.4, 0.5) is 0 Å². The van der Waals surface area contributed by atoms with Crippen LogP contribution in [0.5, 0.6) is 5.75 Å². The molecule has 0 amide bonds. The number of hydrogen-bond acceptors (Lipinski definition) is 3. The van der Waals surface area contributed by atoms with E-state index >= 15 is 0 Å². The minimum atomic E-state index is -0.998. The van der Waals surface area contributed by atoms with Crippen molar-refractivity contribution in [3.05, 3.63) is 23.5 Å². The number of hydrogen-bond donors (Lipinski definition) is 2. The fourth-order valence-corrected chi connectivity index (χ4v) is 0.862. The van der Waals surface area contributed by atoms with Crippen LogP contribution in [0, 0.1) is 6.92 Å². The van der Waals surface area contributed by atoms with Gasteiger partial charge in [0.15, 0.2) is 0 Å². The average molecular weight is 167 g/mol. The number of rotatable bonds is 2. The molecule has 2 N–H and O–H groups in total. The molecule has 0 atom stereocenters. The summed E-state index contributed by atoms with van der Waals surface area (Å²) in [5.74, 6) is -1.06. The molecule has 0 aromatic carbocycles. The molecule has 0 unspecified atom stereocenters. The molecule has 1 heterocycles. The summed E-state index contributed by atoms with van der Waals surface area (Å²) in [5.41, 5.74) is 1.01. The molecular formula is C8H9NO3. The molecule has 0 aliphatic carbocycles. The standard InChI is InChI=1S/C8H9NO3/c1-5-2-7(10)6(9-4-5)3-8(11)12/h2,4,10H,3H2,1H3,(H,11,12). The summed E-state index contributed by atoms with van der Waals surface area (Å²) in [6, 6.07) is 1.49. The van der Waals surface area contributed by atoms with Crippen LogP contribution in [0.1, 0.15) is 11.3 Å². The summed E-state index contributed by atoms with van der Waals surface area (Å²) in [4.78, 5) is 14.0. The van der Waals surface area contributed by atoms with Crippen molar-refractivity contribution in [2.45, 2.75) is 13.3 Å². The van der Waals surface area contributed by atoms with E-state index in [1.165, 1.54) is 12.3 Å². The number of aromatic nitrogens is 1. The summed E-state index contributed by atoms with van der Waals surface area (Å²) in [7, 11) is 0. The van der Waals surface area contributed by atoms with Gasteiger partial charge in [0.2, 0.25) is 0 Å². The Morgan fingerprint density at radius 3 is 2.83 bits per heavy atom. The molecule has 4 nitrogen and oxygen atoms in total. The zero-order valence-electron chi connectivity index (χ0n) is 6.61. The second kappa shape index (κ2) is 3.21. The maximum atomic E-state index is 10.3. The average Bonchev–Trinajstić information content (AvgIpc) is 1.94. The molecule has 1 rings (SSSR count). The van der Waals surface area contributed by atoms with Crippen LogP contribution in [0.2, 0.25) is 0 Å². The second-order valence-electron chi connectivity index (χ2n) is 2.55. The van der Waals surface area contributed by atoms with Crippen molar-refractivity contribution in [3.63, 3.8) is 0 Å². The van der Waals surface area contributed by atoms with Gasteiger partial charge in [-0.05, 0) is 18.6 Å². The molecule has 0 bridgehead atoms. The molecule has 0 saturated heterocycles. The molecule has 4 heteroatoms. The molecule has 1 aromatic rings. The highest BCUT2D eigenvalue weighted by atomic mass is 16.4. The smallest absolute Gasteiger partial charge is 0.309 e. The van der Waals surface area contributed by atoms with E-state index in [0.29, 0.717) is 0 Å². The van der Waals surface area contributed by atoms with Crippen LogP contribution in [0.15, 0.2) is 12.3 Å². The number of carboxylic acid groups (broad SMARTS) is 1. The quantitative estimate of drug-likeness (QED) is 0.681. The van der Waals surface area contributed by atoms with Gasteiger partial charge in [-0.15, -0.1) is 0 Å². The van der Waals surface area contributed by atoms with Crippen LogP contribution < -0.4 is 0 Å². The number of nitrogens with zero attached hydrogens (tertiary/aromatic N) is 1. The lowest BCUT2D eigenvalue weighted by molar-refractivity contribution is -0.136. The van der Waals surface area contributed by atoms with Gasteiger partial charge in [0.25, 0.3) is 0 Å². The van der Waals surface area contributed by atoms with Crippen molar-refractivity contribution in [2.75, 3.05) is 0 Å². The predicted octanol–water partition coefficient (Wildman–Crippen LogP) is 0.723. The Hall–Kier alpha value is -1.58. The van der Waals surface area contributed by atoms with E-state index in [-0.39, 0.29) is 17.9 Å². The number of carbonyl (C=O) groups is 1. The largest absolute Gasteiger partial charge is 0.506 e. The normalized spacial score (nSPS) is 9.75. The topological polar surface area (TPSA) is 70.4 Å². The highest BCUT2D eigenvalue weighted by molar-refractivity contribution is 5.70. The fourth-order valence-electron chi connectivity index (χ4n) is 0.862. The first-order valence-corrected chi connectivity index (χ1v) is 3.46. The first-order chi connectivity index (χ1) is 5.59. The number of aryl methyl sites for hydroxylation is 1. The number of pyridine rings is 1. The highest BCUT2D eigenvalue weighted by Crippen LogP contribution is 2.15. The Morgan fingerprint density at radius 1 is 1.67 bits per heavy atom. The van der Waals surface area contributed by atoms with E-state index in [0.717, 1.165) is 5.56 Å². The van der Waals surface area contributed by atoms with Crippen LogP contribution in [0.3, 0.4) is 0 Å². The summed E-state index contributed by atoms with van der Waals surface area (Å²) in [6.45, 7) is 1.78. The molecule has 0 radical (unpaired) electrons. The molecule has 0 fully saturated rings. The van der Waals surface area contributed by atoms with Crippen LogP contribution >= 0.6 is 0 Å². The molecule has 1 aromatic heterocycles. The molecule has 0 aliphatic rings. The molecule has 0 spiro atoms. The summed E-state index contributed by atoms with van der Waals surface area (Å²) in [6.07, 6.45) is 1.28.